The number of nitrogens with zero attached hydrogens (tertiary/aromatic N) is 2. The molecular formula is C24H20N2O9S3. The Morgan fingerprint density at radius 2 is 1.79 bits per heavy atom. The molecule has 1 aliphatic heterocycles. The lowest BCUT2D eigenvalue weighted by Crippen LogP contribution is -2.09. The van der Waals surface area contributed by atoms with Crippen LogP contribution in [0, 0.1) is 0 Å². The van der Waals surface area contributed by atoms with E-state index in [0.717, 1.165) is 28.5 Å². The van der Waals surface area contributed by atoms with Crippen LogP contribution in [0.4, 0.5) is 5.69 Å². The third-order valence-corrected chi connectivity index (χ3v) is 8.07. The molecule has 1 aliphatic carbocycles. The summed E-state index contributed by atoms with van der Waals surface area (Å²) in [6.45, 7) is 3.86. The Morgan fingerprint density at radius 1 is 1.03 bits per heavy atom. The molecule has 2 aromatic rings. The maximum Gasteiger partial charge on any atom is 0.335 e. The van der Waals surface area contributed by atoms with Gasteiger partial charge in [-0.15, -0.1) is 11.3 Å². The van der Waals surface area contributed by atoms with E-state index in [-0.39, 0.29) is 29.8 Å². The minimum absolute atomic E-state index is 0.0250. The highest BCUT2D eigenvalue weighted by Crippen LogP contribution is 2.31. The van der Waals surface area contributed by atoms with Gasteiger partial charge < -0.3 is 9.47 Å². The Bertz CT molecular complexity index is 1830. The molecule has 0 saturated carbocycles. The Hall–Kier alpha value is -3.53. The first kappa shape index (κ1) is 27.5. The molecule has 38 heavy (non-hydrogen) atoms. The summed E-state index contributed by atoms with van der Waals surface area (Å²) in [6, 6.07) is 13.0. The number of hydrogen-bond acceptors (Lipinski definition) is 10. The van der Waals surface area contributed by atoms with Gasteiger partial charge in [0.05, 0.1) is 62.6 Å². The number of rotatable bonds is 8. The molecule has 198 valence electrons. The van der Waals surface area contributed by atoms with E-state index in [1.165, 1.54) is 18.4 Å². The number of carbonyl (C=O) groups is 1. The highest BCUT2D eigenvalue weighted by molar-refractivity contribution is 7.86. The van der Waals surface area contributed by atoms with Crippen LogP contribution in [-0.4, -0.2) is 50.6 Å². The van der Waals surface area contributed by atoms with E-state index in [1.807, 2.05) is 18.2 Å². The molecule has 11 nitrogen and oxygen atoms in total. The quantitative estimate of drug-likeness (QED) is 0.137. The molecule has 2 aromatic carbocycles. The lowest BCUT2D eigenvalue weighted by Gasteiger charge is -2.09. The Kier molecular flexibility index (Phi) is 7.73. The smallest absolute Gasteiger partial charge is 0.335 e. The fourth-order valence-electron chi connectivity index (χ4n) is 3.42. The fraction of sp³-hybridized carbons (Fsp3) is 0.125. The number of aromatic nitrogens is 1. The number of esters is 1. The summed E-state index contributed by atoms with van der Waals surface area (Å²) < 4.78 is 76.4. The summed E-state index contributed by atoms with van der Waals surface area (Å²) in [5, 5.41) is 0.267. The van der Waals surface area contributed by atoms with E-state index < -0.39 is 36.0 Å². The van der Waals surface area contributed by atoms with Crippen molar-refractivity contribution in [2.24, 2.45) is 4.99 Å². The van der Waals surface area contributed by atoms with Crippen molar-refractivity contribution in [1.82, 2.24) is 4.98 Å². The maximum absolute atomic E-state index is 11.8. The SMILES string of the molecule is C=C(COCc1ccc2sc3c/c(=N\c4cc(S(=O)(=O)O)ccc4S(=O)(=O)O)ccc-3nc2c1)C(=O)OC. The van der Waals surface area contributed by atoms with Crippen LogP contribution in [0.5, 0.6) is 0 Å². The summed E-state index contributed by atoms with van der Waals surface area (Å²) in [5.74, 6) is -0.537. The second-order valence-corrected chi connectivity index (χ2v) is 11.8. The molecule has 0 spiro atoms. The van der Waals surface area contributed by atoms with E-state index in [9.17, 15) is 30.7 Å². The number of benzene rings is 3. The molecule has 0 fully saturated rings. The second-order valence-electron chi connectivity index (χ2n) is 7.95. The van der Waals surface area contributed by atoms with Gasteiger partial charge in [0.2, 0.25) is 0 Å². The van der Waals surface area contributed by atoms with Gasteiger partial charge >= 0.3 is 5.97 Å². The zero-order valence-electron chi connectivity index (χ0n) is 19.7. The fourth-order valence-corrected chi connectivity index (χ4v) is 5.51. The van der Waals surface area contributed by atoms with Gasteiger partial charge in [-0.1, -0.05) is 12.6 Å². The van der Waals surface area contributed by atoms with Crippen LogP contribution >= 0.6 is 11.3 Å². The molecule has 0 atom stereocenters. The van der Waals surface area contributed by atoms with Crippen molar-refractivity contribution in [1.29, 1.82) is 0 Å². The second kappa shape index (κ2) is 10.7. The molecule has 0 amide bonds. The first-order chi connectivity index (χ1) is 17.8. The van der Waals surface area contributed by atoms with Crippen molar-refractivity contribution in [2.45, 2.75) is 16.4 Å². The largest absolute Gasteiger partial charge is 0.466 e. The van der Waals surface area contributed by atoms with E-state index in [1.54, 1.807) is 18.2 Å². The summed E-state index contributed by atoms with van der Waals surface area (Å²) in [5.41, 5.74) is 2.00. The molecule has 0 radical (unpaired) electrons. The average molecular weight is 577 g/mol. The summed E-state index contributed by atoms with van der Waals surface area (Å²) >= 11 is 1.40. The predicted molar refractivity (Wildman–Crippen MR) is 138 cm³/mol. The lowest BCUT2D eigenvalue weighted by atomic mass is 10.2. The van der Waals surface area contributed by atoms with Gasteiger partial charge in [0.15, 0.2) is 0 Å². The van der Waals surface area contributed by atoms with Crippen LogP contribution in [0.25, 0.3) is 20.8 Å². The molecule has 2 N–H and O–H groups in total. The number of carbonyl (C=O) groups excluding carboxylic acids is 1. The van der Waals surface area contributed by atoms with Crippen LogP contribution in [0.3, 0.4) is 0 Å². The van der Waals surface area contributed by atoms with Crippen LogP contribution < -0.4 is 5.36 Å². The van der Waals surface area contributed by atoms with Gasteiger partial charge in [0, 0.05) is 0 Å². The minimum Gasteiger partial charge on any atom is -0.466 e. The molecule has 0 aromatic heterocycles. The first-order valence-corrected chi connectivity index (χ1v) is 14.4. The standard InChI is InChI=1S/C24H20N2O9S3/c1-14(24(27)34-2)12-35-13-15-3-7-21-19(9-15)26-18-6-4-16(10-22(18)36-21)25-20-11-17(37(28,29)30)5-8-23(20)38(31,32)33/h3-11H,1,12-13H2,2H3,(H,28,29,30)(H,31,32,33)/b25-16-. The minimum atomic E-state index is -4.73. The van der Waals surface area contributed by atoms with Crippen LogP contribution in [-0.2, 0) is 41.1 Å². The van der Waals surface area contributed by atoms with E-state index >= 15 is 0 Å². The highest BCUT2D eigenvalue weighted by atomic mass is 32.2. The molecule has 0 saturated heterocycles. The number of hydrogen-bond donors (Lipinski definition) is 2. The van der Waals surface area contributed by atoms with Crippen molar-refractivity contribution < 1.29 is 40.2 Å². The van der Waals surface area contributed by atoms with Gasteiger partial charge in [-0.25, -0.2) is 14.8 Å². The van der Waals surface area contributed by atoms with Gasteiger partial charge in [0.25, 0.3) is 20.2 Å². The molecule has 0 unspecified atom stereocenters. The van der Waals surface area contributed by atoms with Gasteiger partial charge in [-0.3, -0.25) is 9.11 Å². The molecule has 1 heterocycles. The molecule has 14 heteroatoms. The number of methoxy groups -OCH3 is 1. The van der Waals surface area contributed by atoms with E-state index in [4.69, 9.17) is 4.74 Å². The third kappa shape index (κ3) is 6.30. The summed E-state index contributed by atoms with van der Waals surface area (Å²) in [6.07, 6.45) is 0. The van der Waals surface area contributed by atoms with Crippen molar-refractivity contribution in [3.05, 3.63) is 77.7 Å². The topological polar surface area (TPSA) is 170 Å². The van der Waals surface area contributed by atoms with Gasteiger partial charge in [0.1, 0.15) is 4.90 Å². The maximum atomic E-state index is 11.8. The molecule has 2 aliphatic rings. The van der Waals surface area contributed by atoms with Crippen LogP contribution in [0.1, 0.15) is 5.56 Å². The van der Waals surface area contributed by atoms with E-state index in [0.29, 0.717) is 16.1 Å². The van der Waals surface area contributed by atoms with Crippen molar-refractivity contribution in [3.8, 4) is 10.6 Å². The third-order valence-electron chi connectivity index (χ3n) is 5.20. The molecule has 0 bridgehead atoms. The summed E-state index contributed by atoms with van der Waals surface area (Å²) in [4.78, 5) is 19.8. The lowest BCUT2D eigenvalue weighted by molar-refractivity contribution is -0.136. The normalized spacial score (nSPS) is 12.7. The Labute approximate surface area is 221 Å². The highest BCUT2D eigenvalue weighted by Gasteiger charge is 2.19. The number of ether oxygens (including phenoxy) is 2. The van der Waals surface area contributed by atoms with Crippen molar-refractivity contribution >= 4 is 53.4 Å². The molecular weight excluding hydrogens is 556 g/mol. The van der Waals surface area contributed by atoms with Gasteiger partial charge in [-0.05, 0) is 54.1 Å². The van der Waals surface area contributed by atoms with Gasteiger partial charge in [-0.2, -0.15) is 16.8 Å². The zero-order chi connectivity index (χ0) is 27.7. The monoisotopic (exact) mass is 576 g/mol. The van der Waals surface area contributed by atoms with Crippen molar-refractivity contribution in [3.63, 3.8) is 0 Å². The Morgan fingerprint density at radius 3 is 2.47 bits per heavy atom. The average Bonchev–Trinajstić information content (AvgIpc) is 2.85. The predicted octanol–water partition coefficient (Wildman–Crippen LogP) is 3.37. The molecule has 4 rings (SSSR count). The van der Waals surface area contributed by atoms with Crippen LogP contribution in [0.15, 0.2) is 81.5 Å². The zero-order valence-corrected chi connectivity index (χ0v) is 22.1. The Balaban J connectivity index is 1.69. The van der Waals surface area contributed by atoms with E-state index in [2.05, 4.69) is 21.3 Å². The number of fused-ring (bicyclic) bond motifs is 2. The first-order valence-electron chi connectivity index (χ1n) is 10.7. The van der Waals surface area contributed by atoms with Crippen LogP contribution in [0.2, 0.25) is 0 Å². The van der Waals surface area contributed by atoms with Crippen molar-refractivity contribution in [2.75, 3.05) is 13.7 Å². The summed E-state index contributed by atoms with van der Waals surface area (Å²) in [7, 11) is -8.10.